The van der Waals surface area contributed by atoms with Crippen molar-refractivity contribution in [3.8, 4) is 0 Å². The summed E-state index contributed by atoms with van der Waals surface area (Å²) in [4.78, 5) is 0. The highest BCUT2D eigenvalue weighted by molar-refractivity contribution is 9.10. The molecule has 9 heavy (non-hydrogen) atoms. The van der Waals surface area contributed by atoms with Crippen LogP contribution < -0.4 is 4.73 Å². The lowest BCUT2D eigenvalue weighted by Gasteiger charge is -1.95. The monoisotopic (exact) mass is 207 g/mol. The van der Waals surface area contributed by atoms with Gasteiger partial charge < -0.3 is 5.21 Å². The van der Waals surface area contributed by atoms with E-state index in [2.05, 4.69) is 15.9 Å². The Hall–Kier alpha value is -0.280. The third kappa shape index (κ3) is 1.56. The van der Waals surface area contributed by atoms with Crippen LogP contribution in [0.5, 0.6) is 0 Å². The average Bonchev–Trinajstić information content (AvgIpc) is 1.80. The highest BCUT2D eigenvalue weighted by Gasteiger charge is 1.98. The number of aromatic nitrogens is 1. The van der Waals surface area contributed by atoms with Gasteiger partial charge >= 0.3 is 0 Å². The first-order valence-corrected chi connectivity index (χ1v) is 3.41. The van der Waals surface area contributed by atoms with Gasteiger partial charge in [0.1, 0.15) is 0 Å². The van der Waals surface area contributed by atoms with Crippen molar-refractivity contribution in [2.45, 2.75) is 0 Å². The summed E-state index contributed by atoms with van der Waals surface area (Å²) in [7, 11) is 0. The second kappa shape index (κ2) is 2.54. The summed E-state index contributed by atoms with van der Waals surface area (Å²) >= 11 is 8.55. The molecule has 0 amide bonds. The number of pyridine rings is 1. The van der Waals surface area contributed by atoms with Crippen LogP contribution in [-0.4, -0.2) is 0 Å². The first-order valence-electron chi connectivity index (χ1n) is 2.24. The lowest BCUT2D eigenvalue weighted by Crippen LogP contribution is -2.26. The fraction of sp³-hybridized carbons (Fsp3) is 0. The molecule has 0 spiro atoms. The molecular weight excluding hydrogens is 205 g/mol. The van der Waals surface area contributed by atoms with Crippen molar-refractivity contribution in [2.24, 2.45) is 0 Å². The van der Waals surface area contributed by atoms with E-state index in [9.17, 15) is 5.21 Å². The minimum atomic E-state index is 0.426. The van der Waals surface area contributed by atoms with E-state index in [1.165, 1.54) is 18.3 Å². The van der Waals surface area contributed by atoms with Crippen molar-refractivity contribution in [2.75, 3.05) is 0 Å². The summed E-state index contributed by atoms with van der Waals surface area (Å²) in [6.07, 6.45) is 1.34. The Balaban J connectivity index is 3.17. The molecule has 0 fully saturated rings. The Bertz CT molecular complexity index is 228. The standard InChI is InChI=1S/C5H3BrClNO/c6-5-3-4(7)1-2-8(5)9/h1-3H. The molecule has 1 aromatic heterocycles. The quantitative estimate of drug-likeness (QED) is 0.362. The van der Waals surface area contributed by atoms with E-state index in [-0.39, 0.29) is 0 Å². The minimum Gasteiger partial charge on any atom is -0.618 e. The largest absolute Gasteiger partial charge is 0.618 e. The van der Waals surface area contributed by atoms with Gasteiger partial charge in [0.15, 0.2) is 6.20 Å². The predicted octanol–water partition coefficient (Wildman–Crippen LogP) is 1.74. The van der Waals surface area contributed by atoms with Crippen molar-refractivity contribution < 1.29 is 4.73 Å². The van der Waals surface area contributed by atoms with E-state index in [0.29, 0.717) is 14.4 Å². The Labute approximate surface area is 65.8 Å². The van der Waals surface area contributed by atoms with Crippen molar-refractivity contribution in [1.29, 1.82) is 0 Å². The van der Waals surface area contributed by atoms with Crippen LogP contribution in [0.4, 0.5) is 0 Å². The van der Waals surface area contributed by atoms with E-state index in [4.69, 9.17) is 11.6 Å². The molecule has 2 nitrogen and oxygen atoms in total. The highest BCUT2D eigenvalue weighted by Crippen LogP contribution is 2.10. The third-order valence-electron chi connectivity index (χ3n) is 0.837. The first kappa shape index (κ1) is 6.83. The fourth-order valence-electron chi connectivity index (χ4n) is 0.436. The van der Waals surface area contributed by atoms with Crippen LogP contribution >= 0.6 is 27.5 Å². The normalized spacial score (nSPS) is 9.56. The number of halogens is 2. The second-order valence-electron chi connectivity index (χ2n) is 1.49. The van der Waals surface area contributed by atoms with Gasteiger partial charge in [0.25, 0.3) is 4.60 Å². The second-order valence-corrected chi connectivity index (χ2v) is 2.74. The maximum atomic E-state index is 10.6. The molecule has 0 aromatic carbocycles. The Kier molecular flexibility index (Phi) is 1.93. The summed E-state index contributed by atoms with van der Waals surface area (Å²) in [6, 6.07) is 3.06. The van der Waals surface area contributed by atoms with Gasteiger partial charge in [0.05, 0.1) is 5.02 Å². The molecule has 0 bridgehead atoms. The molecule has 0 atom stereocenters. The lowest BCUT2D eigenvalue weighted by atomic mass is 10.5. The molecule has 0 saturated carbocycles. The topological polar surface area (TPSA) is 26.9 Å². The van der Waals surface area contributed by atoms with E-state index >= 15 is 0 Å². The smallest absolute Gasteiger partial charge is 0.260 e. The molecule has 0 radical (unpaired) electrons. The van der Waals surface area contributed by atoms with Gasteiger partial charge in [-0.3, -0.25) is 0 Å². The fourth-order valence-corrected chi connectivity index (χ4v) is 1.09. The molecule has 1 heterocycles. The van der Waals surface area contributed by atoms with Gasteiger partial charge in [0, 0.05) is 28.1 Å². The Morgan fingerprint density at radius 2 is 2.33 bits per heavy atom. The van der Waals surface area contributed by atoms with Gasteiger partial charge in [-0.25, -0.2) is 0 Å². The number of nitrogens with zero attached hydrogens (tertiary/aromatic N) is 1. The van der Waals surface area contributed by atoms with E-state index in [0.717, 1.165) is 0 Å². The molecule has 0 N–H and O–H groups in total. The maximum absolute atomic E-state index is 10.6. The Morgan fingerprint density at radius 3 is 2.78 bits per heavy atom. The molecule has 1 rings (SSSR count). The molecule has 0 aliphatic carbocycles. The van der Waals surface area contributed by atoms with Crippen LogP contribution in [0.2, 0.25) is 5.02 Å². The van der Waals surface area contributed by atoms with Crippen molar-refractivity contribution in [3.63, 3.8) is 0 Å². The molecule has 0 saturated heterocycles. The van der Waals surface area contributed by atoms with Gasteiger partial charge in [-0.05, 0) is 0 Å². The zero-order valence-corrected chi connectivity index (χ0v) is 6.69. The molecular formula is C5H3BrClNO. The Morgan fingerprint density at radius 1 is 1.67 bits per heavy atom. The predicted molar refractivity (Wildman–Crippen MR) is 38.1 cm³/mol. The molecule has 0 aliphatic rings. The summed E-state index contributed by atoms with van der Waals surface area (Å²) in [5.74, 6) is 0. The van der Waals surface area contributed by atoms with Crippen molar-refractivity contribution in [1.82, 2.24) is 0 Å². The minimum absolute atomic E-state index is 0.426. The molecule has 0 unspecified atom stereocenters. The van der Waals surface area contributed by atoms with E-state index in [1.54, 1.807) is 0 Å². The lowest BCUT2D eigenvalue weighted by molar-refractivity contribution is -0.617. The third-order valence-corrected chi connectivity index (χ3v) is 1.65. The summed E-state index contributed by atoms with van der Waals surface area (Å²) in [5.41, 5.74) is 0. The van der Waals surface area contributed by atoms with Crippen molar-refractivity contribution >= 4 is 27.5 Å². The van der Waals surface area contributed by atoms with Crippen LogP contribution in [-0.2, 0) is 0 Å². The molecule has 4 heteroatoms. The van der Waals surface area contributed by atoms with Crippen LogP contribution in [0.25, 0.3) is 0 Å². The van der Waals surface area contributed by atoms with E-state index < -0.39 is 0 Å². The van der Waals surface area contributed by atoms with Gasteiger partial charge in [-0.1, -0.05) is 11.6 Å². The summed E-state index contributed by atoms with van der Waals surface area (Å²) in [5, 5.41) is 11.1. The van der Waals surface area contributed by atoms with Gasteiger partial charge in [-0.2, -0.15) is 4.73 Å². The van der Waals surface area contributed by atoms with Crippen LogP contribution in [0.15, 0.2) is 22.9 Å². The zero-order chi connectivity index (χ0) is 6.85. The summed E-state index contributed by atoms with van der Waals surface area (Å²) < 4.78 is 1.11. The first-order chi connectivity index (χ1) is 4.20. The van der Waals surface area contributed by atoms with Gasteiger partial charge in [0.2, 0.25) is 0 Å². The molecule has 1 aromatic rings. The molecule has 48 valence electrons. The summed E-state index contributed by atoms with van der Waals surface area (Å²) in [6.45, 7) is 0. The van der Waals surface area contributed by atoms with Crippen LogP contribution in [0.3, 0.4) is 0 Å². The van der Waals surface area contributed by atoms with Crippen LogP contribution in [0, 0.1) is 5.21 Å². The average molecular weight is 208 g/mol. The van der Waals surface area contributed by atoms with Gasteiger partial charge in [-0.15, -0.1) is 0 Å². The highest BCUT2D eigenvalue weighted by atomic mass is 79.9. The molecule has 0 aliphatic heterocycles. The SMILES string of the molecule is [O-][n+]1ccc(Cl)cc1Br. The number of hydrogen-bond donors (Lipinski definition) is 0. The number of rotatable bonds is 0. The maximum Gasteiger partial charge on any atom is 0.260 e. The van der Waals surface area contributed by atoms with E-state index in [1.807, 2.05) is 0 Å². The number of hydrogen-bond acceptors (Lipinski definition) is 1. The van der Waals surface area contributed by atoms with Crippen LogP contribution in [0.1, 0.15) is 0 Å². The zero-order valence-electron chi connectivity index (χ0n) is 4.34. The van der Waals surface area contributed by atoms with Crippen molar-refractivity contribution in [3.05, 3.63) is 33.2 Å².